The summed E-state index contributed by atoms with van der Waals surface area (Å²) in [6.07, 6.45) is 5.24. The van der Waals surface area contributed by atoms with Crippen LogP contribution in [0.25, 0.3) is 0 Å². The molecule has 0 bridgehead atoms. The Morgan fingerprint density at radius 3 is 2.93 bits per heavy atom. The second-order valence-electron chi connectivity index (χ2n) is 7.14. The molecule has 146 valence electrons. The highest BCUT2D eigenvalue weighted by atomic mass is 16.5. The second-order valence-corrected chi connectivity index (χ2v) is 7.14. The van der Waals surface area contributed by atoms with Gasteiger partial charge in [-0.1, -0.05) is 6.07 Å². The van der Waals surface area contributed by atoms with E-state index in [4.69, 9.17) is 9.15 Å². The van der Waals surface area contributed by atoms with Crippen LogP contribution in [0, 0.1) is 0 Å². The Morgan fingerprint density at radius 2 is 2.07 bits per heavy atom. The van der Waals surface area contributed by atoms with E-state index in [1.807, 2.05) is 23.7 Å². The third-order valence-corrected chi connectivity index (χ3v) is 5.17. The van der Waals surface area contributed by atoms with Crippen molar-refractivity contribution >= 4 is 5.91 Å². The smallest absolute Gasteiger partial charge is 0.289 e. The number of hydrogen-bond donors (Lipinski definition) is 0. The van der Waals surface area contributed by atoms with Crippen LogP contribution < -0.4 is 4.74 Å². The summed E-state index contributed by atoms with van der Waals surface area (Å²) in [5.41, 5.74) is 3.79. The minimum Gasteiger partial charge on any atom is -0.486 e. The predicted molar refractivity (Wildman–Crippen MR) is 105 cm³/mol. The lowest BCUT2D eigenvalue weighted by molar-refractivity contribution is 0.0745. The van der Waals surface area contributed by atoms with E-state index >= 15 is 0 Å². The van der Waals surface area contributed by atoms with E-state index in [1.165, 1.54) is 17.5 Å². The number of aromatic nitrogens is 2. The number of nitrogens with zero attached hydrogens (tertiary/aromatic N) is 3. The zero-order valence-electron chi connectivity index (χ0n) is 16.4. The summed E-state index contributed by atoms with van der Waals surface area (Å²) >= 11 is 0. The minimum absolute atomic E-state index is 0.160. The van der Waals surface area contributed by atoms with Gasteiger partial charge in [-0.25, -0.2) is 0 Å². The summed E-state index contributed by atoms with van der Waals surface area (Å²) in [5, 5.41) is 4.24. The van der Waals surface area contributed by atoms with Crippen LogP contribution in [-0.2, 0) is 32.5 Å². The molecule has 28 heavy (non-hydrogen) atoms. The quantitative estimate of drug-likeness (QED) is 0.626. The summed E-state index contributed by atoms with van der Waals surface area (Å²) in [7, 11) is 1.76. The van der Waals surface area contributed by atoms with Crippen molar-refractivity contribution in [2.24, 2.45) is 0 Å². The fraction of sp³-hybridized carbons (Fsp3) is 0.364. The maximum Gasteiger partial charge on any atom is 0.289 e. The molecule has 0 aliphatic heterocycles. The Morgan fingerprint density at radius 1 is 1.21 bits per heavy atom. The Balaban J connectivity index is 1.36. The fourth-order valence-corrected chi connectivity index (χ4v) is 3.64. The van der Waals surface area contributed by atoms with Crippen molar-refractivity contribution in [2.75, 3.05) is 7.05 Å². The first-order valence-corrected chi connectivity index (χ1v) is 9.73. The molecule has 0 unspecified atom stereocenters. The SMILES string of the molecule is CCn1nccc1CN(C)C(=O)c1ccc(COc2ccc3c(c2)CCC3)o1. The van der Waals surface area contributed by atoms with Gasteiger partial charge in [0.1, 0.15) is 18.1 Å². The van der Waals surface area contributed by atoms with Crippen LogP contribution in [0.2, 0.25) is 0 Å². The Labute approximate surface area is 164 Å². The third-order valence-electron chi connectivity index (χ3n) is 5.17. The van der Waals surface area contributed by atoms with E-state index in [1.54, 1.807) is 30.3 Å². The van der Waals surface area contributed by atoms with Gasteiger partial charge in [0.2, 0.25) is 0 Å². The number of furan rings is 1. The highest BCUT2D eigenvalue weighted by molar-refractivity contribution is 5.91. The topological polar surface area (TPSA) is 60.5 Å². The average molecular weight is 379 g/mol. The maximum absolute atomic E-state index is 12.6. The van der Waals surface area contributed by atoms with E-state index in [9.17, 15) is 4.79 Å². The lowest BCUT2D eigenvalue weighted by atomic mass is 10.1. The van der Waals surface area contributed by atoms with Crippen molar-refractivity contribution in [1.29, 1.82) is 0 Å². The normalized spacial score (nSPS) is 12.8. The van der Waals surface area contributed by atoms with Crippen molar-refractivity contribution in [3.8, 4) is 5.75 Å². The van der Waals surface area contributed by atoms with Crippen LogP contribution in [0.4, 0.5) is 0 Å². The molecule has 0 saturated heterocycles. The number of ether oxygens (including phenoxy) is 1. The number of amides is 1. The number of carbonyl (C=O) groups excluding carboxylic acids is 1. The molecule has 2 aromatic heterocycles. The molecular formula is C22H25N3O3. The molecular weight excluding hydrogens is 354 g/mol. The molecule has 1 aliphatic carbocycles. The first kappa shape index (κ1) is 18.3. The van der Waals surface area contributed by atoms with Gasteiger partial charge in [0, 0.05) is 19.8 Å². The van der Waals surface area contributed by atoms with Crippen LogP contribution in [0.1, 0.15) is 46.5 Å². The molecule has 0 atom stereocenters. The largest absolute Gasteiger partial charge is 0.486 e. The molecule has 0 saturated carbocycles. The van der Waals surface area contributed by atoms with E-state index in [-0.39, 0.29) is 5.91 Å². The van der Waals surface area contributed by atoms with Gasteiger partial charge in [0.25, 0.3) is 5.91 Å². The number of rotatable bonds is 7. The Kier molecular flexibility index (Phi) is 5.19. The van der Waals surface area contributed by atoms with Gasteiger partial charge >= 0.3 is 0 Å². The summed E-state index contributed by atoms with van der Waals surface area (Å²) < 4.78 is 13.5. The standard InChI is InChI=1S/C22H25N3O3/c1-3-25-18(11-12-23-25)14-24(2)22(26)21-10-9-20(28-21)15-27-19-8-7-16-5-4-6-17(16)13-19/h7-13H,3-6,14-15H2,1-2H3. The molecule has 1 aromatic carbocycles. The van der Waals surface area contributed by atoms with Gasteiger partial charge in [0.05, 0.1) is 12.2 Å². The van der Waals surface area contributed by atoms with E-state index in [2.05, 4.69) is 17.2 Å². The molecule has 0 fully saturated rings. The van der Waals surface area contributed by atoms with Gasteiger partial charge in [-0.05, 0) is 67.6 Å². The van der Waals surface area contributed by atoms with Crippen molar-refractivity contribution < 1.29 is 13.9 Å². The predicted octanol–water partition coefficient (Wildman–Crippen LogP) is 3.84. The fourth-order valence-electron chi connectivity index (χ4n) is 3.64. The van der Waals surface area contributed by atoms with Gasteiger partial charge in [-0.2, -0.15) is 5.10 Å². The van der Waals surface area contributed by atoms with Crippen LogP contribution in [0.15, 0.2) is 47.0 Å². The second kappa shape index (κ2) is 7.92. The molecule has 3 aromatic rings. The summed E-state index contributed by atoms with van der Waals surface area (Å²) in [6.45, 7) is 3.58. The Bertz CT molecular complexity index is 973. The number of hydrogen-bond acceptors (Lipinski definition) is 4. The highest BCUT2D eigenvalue weighted by Crippen LogP contribution is 2.26. The Hall–Kier alpha value is -3.02. The van der Waals surface area contributed by atoms with E-state index in [0.717, 1.165) is 30.8 Å². The van der Waals surface area contributed by atoms with Gasteiger partial charge in [-0.15, -0.1) is 0 Å². The number of aryl methyl sites for hydroxylation is 3. The third kappa shape index (κ3) is 3.81. The molecule has 4 rings (SSSR count). The molecule has 1 aliphatic rings. The van der Waals surface area contributed by atoms with Crippen molar-refractivity contribution in [3.05, 3.63) is 70.9 Å². The van der Waals surface area contributed by atoms with Crippen LogP contribution in [0.5, 0.6) is 5.75 Å². The van der Waals surface area contributed by atoms with Crippen molar-refractivity contribution in [1.82, 2.24) is 14.7 Å². The lowest BCUT2D eigenvalue weighted by Crippen LogP contribution is -2.27. The molecule has 0 radical (unpaired) electrons. The van der Waals surface area contributed by atoms with Crippen molar-refractivity contribution in [3.63, 3.8) is 0 Å². The zero-order chi connectivity index (χ0) is 19.5. The van der Waals surface area contributed by atoms with Crippen molar-refractivity contribution in [2.45, 2.75) is 45.9 Å². The summed E-state index contributed by atoms with van der Waals surface area (Å²) in [4.78, 5) is 14.3. The molecule has 0 spiro atoms. The van der Waals surface area contributed by atoms with Crippen LogP contribution in [-0.4, -0.2) is 27.6 Å². The minimum atomic E-state index is -0.160. The highest BCUT2D eigenvalue weighted by Gasteiger charge is 2.18. The number of carbonyl (C=O) groups is 1. The first-order valence-electron chi connectivity index (χ1n) is 9.73. The molecule has 1 amide bonds. The summed E-state index contributed by atoms with van der Waals surface area (Å²) in [5.74, 6) is 1.64. The molecule has 6 nitrogen and oxygen atoms in total. The van der Waals surface area contributed by atoms with Gasteiger partial charge < -0.3 is 14.1 Å². The lowest BCUT2D eigenvalue weighted by Gasteiger charge is -2.16. The molecule has 2 heterocycles. The van der Waals surface area contributed by atoms with Gasteiger partial charge in [0.15, 0.2) is 5.76 Å². The molecule has 6 heteroatoms. The first-order chi connectivity index (χ1) is 13.6. The zero-order valence-corrected chi connectivity index (χ0v) is 16.4. The van der Waals surface area contributed by atoms with E-state index < -0.39 is 0 Å². The summed E-state index contributed by atoms with van der Waals surface area (Å²) in [6, 6.07) is 11.7. The van der Waals surface area contributed by atoms with Crippen LogP contribution >= 0.6 is 0 Å². The number of benzene rings is 1. The monoisotopic (exact) mass is 379 g/mol. The van der Waals surface area contributed by atoms with E-state index in [0.29, 0.717) is 24.7 Å². The maximum atomic E-state index is 12.6. The van der Waals surface area contributed by atoms with Crippen LogP contribution in [0.3, 0.4) is 0 Å². The average Bonchev–Trinajstić information content (AvgIpc) is 3.45. The molecule has 0 N–H and O–H groups in total. The number of fused-ring (bicyclic) bond motifs is 1. The van der Waals surface area contributed by atoms with Gasteiger partial charge in [-0.3, -0.25) is 9.48 Å².